The summed E-state index contributed by atoms with van der Waals surface area (Å²) in [6, 6.07) is 6.19. The van der Waals surface area contributed by atoms with Crippen molar-refractivity contribution in [3.8, 4) is 0 Å². The summed E-state index contributed by atoms with van der Waals surface area (Å²) in [7, 11) is 2.50. The fraction of sp³-hybridized carbons (Fsp3) is 0.474. The van der Waals surface area contributed by atoms with E-state index < -0.39 is 0 Å². The average molecular weight is 360 g/mol. The van der Waals surface area contributed by atoms with E-state index >= 15 is 0 Å². The van der Waals surface area contributed by atoms with Gasteiger partial charge in [-0.2, -0.15) is 0 Å². The zero-order chi connectivity index (χ0) is 18.8. The molecule has 1 aliphatic rings. The molecule has 2 aromatic rings. The molecule has 1 aliphatic carbocycles. The zero-order valence-electron chi connectivity index (χ0n) is 15.7. The maximum absolute atomic E-state index is 11.9. The molecule has 1 unspecified atom stereocenters. The second-order valence-corrected chi connectivity index (χ2v) is 7.45. The van der Waals surface area contributed by atoms with Gasteiger partial charge in [0.1, 0.15) is 5.69 Å². The predicted molar refractivity (Wildman–Crippen MR) is 109 cm³/mol. The largest absolute Gasteiger partial charge is 0.369 e. The monoisotopic (exact) mass is 360 g/mol. The second kappa shape index (κ2) is 7.67. The van der Waals surface area contributed by atoms with E-state index in [9.17, 15) is 4.79 Å². The Hall–Kier alpha value is -1.71. The number of benzene rings is 1. The highest BCUT2D eigenvalue weighted by molar-refractivity contribution is 7.18. The van der Waals surface area contributed by atoms with Crippen LogP contribution in [0.4, 0.5) is 5.69 Å². The number of carbonyl (C=O) groups excluding carboxylic acids is 1. The van der Waals surface area contributed by atoms with E-state index in [1.807, 2.05) is 13.8 Å². The summed E-state index contributed by atoms with van der Waals surface area (Å²) >= 11 is 0. The number of nitrogen functional groups attached to an aromatic ring is 1. The molecule has 1 heterocycles. The summed E-state index contributed by atoms with van der Waals surface area (Å²) in [5.41, 5.74) is 6.65. The Bertz CT molecular complexity index is 779. The first-order chi connectivity index (χ1) is 11.8. The summed E-state index contributed by atoms with van der Waals surface area (Å²) < 4.78 is 0. The smallest absolute Gasteiger partial charge is 0.283 e. The number of hydrazine groups is 1. The molecule has 1 atom stereocenters. The lowest BCUT2D eigenvalue weighted by Gasteiger charge is -2.23. The molecular formula is C19H29N4OP. The summed E-state index contributed by atoms with van der Waals surface area (Å²) in [5.74, 6) is 5.54. The molecule has 1 fully saturated rings. The van der Waals surface area contributed by atoms with Gasteiger partial charge in [-0.15, -0.1) is 0 Å². The minimum Gasteiger partial charge on any atom is -0.369 e. The van der Waals surface area contributed by atoms with Crippen molar-refractivity contribution in [3.05, 3.63) is 35.0 Å². The van der Waals surface area contributed by atoms with Crippen molar-refractivity contribution in [2.24, 2.45) is 5.84 Å². The van der Waals surface area contributed by atoms with Gasteiger partial charge in [0.2, 0.25) is 0 Å². The van der Waals surface area contributed by atoms with Gasteiger partial charge in [-0.05, 0) is 56.8 Å². The summed E-state index contributed by atoms with van der Waals surface area (Å²) in [4.78, 5) is 16.5. The molecule has 0 aliphatic heterocycles. The molecule has 0 spiro atoms. The molecule has 1 aromatic carbocycles. The Morgan fingerprint density at radius 3 is 2.36 bits per heavy atom. The van der Waals surface area contributed by atoms with E-state index in [-0.39, 0.29) is 11.3 Å². The summed E-state index contributed by atoms with van der Waals surface area (Å²) in [6.07, 6.45) is 2.50. The van der Waals surface area contributed by atoms with Crippen molar-refractivity contribution < 1.29 is 4.79 Å². The van der Waals surface area contributed by atoms with Crippen molar-refractivity contribution >= 4 is 31.9 Å². The number of aromatic nitrogens is 1. The van der Waals surface area contributed by atoms with Gasteiger partial charge in [-0.25, -0.2) is 10.8 Å². The first kappa shape index (κ1) is 19.6. The van der Waals surface area contributed by atoms with Crippen LogP contribution < -0.4 is 16.4 Å². The van der Waals surface area contributed by atoms with Gasteiger partial charge in [-0.3, -0.25) is 10.2 Å². The summed E-state index contributed by atoms with van der Waals surface area (Å²) in [6.45, 7) is 10.5. The zero-order valence-corrected chi connectivity index (χ0v) is 16.9. The first-order valence-electron chi connectivity index (χ1n) is 8.82. The van der Waals surface area contributed by atoms with Crippen LogP contribution in [-0.2, 0) is 5.41 Å². The highest BCUT2D eigenvalue weighted by Crippen LogP contribution is 2.44. The molecule has 1 amide bonds. The third-order valence-corrected chi connectivity index (χ3v) is 4.62. The SMILES string of the molecule is CC.CC(C)(C)c1cc(C2CC2)cc2c(NP)cc(C(=O)NN)nc12. The highest BCUT2D eigenvalue weighted by Gasteiger charge is 2.28. The fourth-order valence-electron chi connectivity index (χ4n) is 2.88. The van der Waals surface area contributed by atoms with Gasteiger partial charge in [-0.1, -0.05) is 40.7 Å². The van der Waals surface area contributed by atoms with Crippen molar-refractivity contribution in [1.82, 2.24) is 10.4 Å². The Morgan fingerprint density at radius 1 is 1.24 bits per heavy atom. The maximum atomic E-state index is 11.9. The third kappa shape index (κ3) is 4.10. The van der Waals surface area contributed by atoms with Crippen molar-refractivity contribution in [3.63, 3.8) is 0 Å². The Labute approximate surface area is 152 Å². The van der Waals surface area contributed by atoms with Crippen LogP contribution in [-0.4, -0.2) is 10.9 Å². The third-order valence-electron chi connectivity index (χ3n) is 4.31. The van der Waals surface area contributed by atoms with Crippen LogP contribution in [0, 0.1) is 0 Å². The van der Waals surface area contributed by atoms with Crippen molar-refractivity contribution in [1.29, 1.82) is 0 Å². The lowest BCUT2D eigenvalue weighted by Crippen LogP contribution is -2.30. The molecule has 0 saturated heterocycles. The molecule has 136 valence electrons. The number of nitrogens with zero attached hydrogens (tertiary/aromatic N) is 1. The molecule has 4 N–H and O–H groups in total. The molecule has 3 rings (SSSR count). The lowest BCUT2D eigenvalue weighted by molar-refractivity contribution is 0.0949. The number of fused-ring (bicyclic) bond motifs is 1. The van der Waals surface area contributed by atoms with Crippen LogP contribution in [0.3, 0.4) is 0 Å². The van der Waals surface area contributed by atoms with Crippen molar-refractivity contribution in [2.45, 2.75) is 58.8 Å². The minimum atomic E-state index is -0.389. The molecule has 5 nitrogen and oxygen atoms in total. The van der Waals surface area contributed by atoms with Crippen LogP contribution in [0.5, 0.6) is 0 Å². The molecule has 25 heavy (non-hydrogen) atoms. The lowest BCUT2D eigenvalue weighted by atomic mass is 9.83. The Morgan fingerprint density at radius 2 is 1.88 bits per heavy atom. The number of rotatable bonds is 3. The van der Waals surface area contributed by atoms with E-state index in [1.165, 1.54) is 18.4 Å². The molecule has 0 radical (unpaired) electrons. The van der Waals surface area contributed by atoms with Crippen LogP contribution in [0.1, 0.15) is 75.0 Å². The maximum Gasteiger partial charge on any atom is 0.283 e. The molecular weight excluding hydrogens is 331 g/mol. The first-order valence-corrected chi connectivity index (χ1v) is 9.39. The number of hydrogen-bond donors (Lipinski definition) is 3. The highest BCUT2D eigenvalue weighted by atomic mass is 31.0. The molecule has 6 heteroatoms. The Balaban J connectivity index is 0.00000109. The quantitative estimate of drug-likeness (QED) is 0.331. The number of carbonyl (C=O) groups is 1. The fourth-order valence-corrected chi connectivity index (χ4v) is 3.12. The molecule has 1 aromatic heterocycles. The summed E-state index contributed by atoms with van der Waals surface area (Å²) in [5, 5.41) is 4.15. The number of anilines is 1. The minimum absolute atomic E-state index is 0.0634. The van der Waals surface area contributed by atoms with E-state index in [0.717, 1.165) is 22.2 Å². The topological polar surface area (TPSA) is 80.0 Å². The van der Waals surface area contributed by atoms with Gasteiger partial charge in [0.25, 0.3) is 5.91 Å². The number of hydrogen-bond acceptors (Lipinski definition) is 4. The standard InChI is InChI=1S/C17H23N4OP.C2H6/c1-17(2,3)12-7-10(9-4-5-9)6-11-13(21-23)8-14(16(22)20-18)19-15(11)12;1-2/h6-9H,4-5,18,23H2,1-3H3,(H,19,21)(H,20,22);1-2H3. The number of pyridine rings is 1. The van der Waals surface area contributed by atoms with Gasteiger partial charge >= 0.3 is 0 Å². The van der Waals surface area contributed by atoms with Gasteiger partial charge in [0, 0.05) is 11.1 Å². The van der Waals surface area contributed by atoms with Crippen molar-refractivity contribution in [2.75, 3.05) is 5.09 Å². The van der Waals surface area contributed by atoms with Gasteiger partial charge < -0.3 is 5.09 Å². The molecule has 0 bridgehead atoms. The van der Waals surface area contributed by atoms with Crippen LogP contribution in [0.25, 0.3) is 10.9 Å². The van der Waals surface area contributed by atoms with Crippen LogP contribution in [0.15, 0.2) is 18.2 Å². The number of nitrogens with one attached hydrogen (secondary N) is 2. The van der Waals surface area contributed by atoms with E-state index in [2.05, 4.69) is 57.8 Å². The number of amides is 1. The van der Waals surface area contributed by atoms with E-state index in [0.29, 0.717) is 11.6 Å². The predicted octanol–water partition coefficient (Wildman–Crippen LogP) is 4.24. The normalized spacial score (nSPS) is 13.9. The second-order valence-electron chi connectivity index (χ2n) is 7.16. The Kier molecular flexibility index (Phi) is 6.02. The molecule has 1 saturated carbocycles. The number of nitrogens with two attached hydrogens (primary N) is 1. The van der Waals surface area contributed by atoms with Gasteiger partial charge in [0.05, 0.1) is 5.52 Å². The van der Waals surface area contributed by atoms with Crippen LogP contribution >= 0.6 is 9.39 Å². The average Bonchev–Trinajstić information content (AvgIpc) is 3.45. The van der Waals surface area contributed by atoms with Gasteiger partial charge in [0.15, 0.2) is 0 Å². The van der Waals surface area contributed by atoms with E-state index in [4.69, 9.17) is 5.84 Å². The van der Waals surface area contributed by atoms with Crippen LogP contribution in [0.2, 0.25) is 0 Å². The van der Waals surface area contributed by atoms with E-state index in [1.54, 1.807) is 6.07 Å².